The number of urea groups is 1. The number of halogens is 1. The molecule has 0 spiro atoms. The molecule has 7 heteroatoms. The standard InChI is InChI=1S/C18H23FN4O2/c1-23-16(13-6-8-14(19)9-7-13)15(12-4-3-5-12)17(22-23)21-18(24)20-10-11-25-2/h6-9,12H,3-5,10-11H2,1-2H3,(H2,20,21,22,24). The summed E-state index contributed by atoms with van der Waals surface area (Å²) in [6.45, 7) is 0.880. The Hall–Kier alpha value is -2.41. The lowest BCUT2D eigenvalue weighted by Gasteiger charge is -2.27. The number of hydrogen-bond acceptors (Lipinski definition) is 3. The minimum Gasteiger partial charge on any atom is -0.383 e. The van der Waals surface area contributed by atoms with Crippen LogP contribution in [0.15, 0.2) is 24.3 Å². The van der Waals surface area contributed by atoms with Gasteiger partial charge in [-0.1, -0.05) is 6.42 Å². The van der Waals surface area contributed by atoms with E-state index in [-0.39, 0.29) is 11.8 Å². The van der Waals surface area contributed by atoms with E-state index in [4.69, 9.17) is 4.74 Å². The minimum atomic E-state index is -0.304. The van der Waals surface area contributed by atoms with Crippen molar-refractivity contribution >= 4 is 11.8 Å². The lowest BCUT2D eigenvalue weighted by Crippen LogP contribution is -2.32. The molecule has 1 heterocycles. The van der Waals surface area contributed by atoms with Crippen LogP contribution >= 0.6 is 0 Å². The van der Waals surface area contributed by atoms with Gasteiger partial charge in [0, 0.05) is 31.8 Å². The van der Waals surface area contributed by atoms with Gasteiger partial charge in [-0.15, -0.1) is 0 Å². The number of nitrogens with one attached hydrogen (secondary N) is 2. The SMILES string of the molecule is COCCNC(=O)Nc1nn(C)c(-c2ccc(F)cc2)c1C1CCC1. The van der Waals surface area contributed by atoms with Gasteiger partial charge in [0.2, 0.25) is 0 Å². The molecular weight excluding hydrogens is 323 g/mol. The van der Waals surface area contributed by atoms with Crippen LogP contribution in [0.3, 0.4) is 0 Å². The van der Waals surface area contributed by atoms with Crippen LogP contribution in [0.2, 0.25) is 0 Å². The molecule has 2 amide bonds. The van der Waals surface area contributed by atoms with Crippen molar-refractivity contribution in [1.29, 1.82) is 0 Å². The lowest BCUT2D eigenvalue weighted by atomic mass is 9.79. The summed E-state index contributed by atoms with van der Waals surface area (Å²) >= 11 is 0. The van der Waals surface area contributed by atoms with Gasteiger partial charge < -0.3 is 10.1 Å². The molecule has 1 aliphatic carbocycles. The summed E-state index contributed by atoms with van der Waals surface area (Å²) in [5.74, 6) is 0.663. The zero-order valence-corrected chi connectivity index (χ0v) is 14.5. The molecule has 2 aromatic rings. The number of anilines is 1. The number of nitrogens with zero attached hydrogens (tertiary/aromatic N) is 2. The van der Waals surface area contributed by atoms with Crippen molar-refractivity contribution in [2.45, 2.75) is 25.2 Å². The van der Waals surface area contributed by atoms with Crippen LogP contribution in [0.25, 0.3) is 11.3 Å². The Labute approximate surface area is 146 Å². The number of methoxy groups -OCH3 is 1. The van der Waals surface area contributed by atoms with Gasteiger partial charge in [0.1, 0.15) is 5.82 Å². The summed E-state index contributed by atoms with van der Waals surface area (Å²) in [4.78, 5) is 12.1. The molecule has 0 aliphatic heterocycles. The van der Waals surface area contributed by atoms with Crippen LogP contribution in [0, 0.1) is 5.82 Å². The first-order valence-corrected chi connectivity index (χ1v) is 8.46. The summed E-state index contributed by atoms with van der Waals surface area (Å²) in [5, 5.41) is 10.1. The summed E-state index contributed by atoms with van der Waals surface area (Å²) in [7, 11) is 3.43. The molecule has 3 rings (SSSR count). The van der Waals surface area contributed by atoms with E-state index in [9.17, 15) is 9.18 Å². The average Bonchev–Trinajstić information content (AvgIpc) is 2.83. The maximum atomic E-state index is 13.3. The van der Waals surface area contributed by atoms with Crippen LogP contribution in [0.1, 0.15) is 30.7 Å². The highest BCUT2D eigenvalue weighted by Gasteiger charge is 2.30. The topological polar surface area (TPSA) is 68.2 Å². The normalized spacial score (nSPS) is 14.2. The Morgan fingerprint density at radius 2 is 2.08 bits per heavy atom. The van der Waals surface area contributed by atoms with Gasteiger partial charge >= 0.3 is 6.03 Å². The molecule has 0 saturated heterocycles. The predicted molar refractivity (Wildman–Crippen MR) is 94.1 cm³/mol. The van der Waals surface area contributed by atoms with Crippen molar-refractivity contribution in [3.05, 3.63) is 35.6 Å². The number of rotatable bonds is 6. The van der Waals surface area contributed by atoms with E-state index in [1.165, 1.54) is 18.6 Å². The Kier molecular flexibility index (Phi) is 5.33. The number of aryl methyl sites for hydroxylation is 1. The Morgan fingerprint density at radius 3 is 2.68 bits per heavy atom. The smallest absolute Gasteiger partial charge is 0.320 e. The predicted octanol–water partition coefficient (Wildman–Crippen LogP) is 3.26. The van der Waals surface area contributed by atoms with Gasteiger partial charge in [-0.3, -0.25) is 10.00 Å². The zero-order chi connectivity index (χ0) is 17.8. The quantitative estimate of drug-likeness (QED) is 0.789. The molecule has 0 bridgehead atoms. The minimum absolute atomic E-state index is 0.271. The van der Waals surface area contributed by atoms with Crippen molar-refractivity contribution in [2.75, 3.05) is 25.6 Å². The fourth-order valence-electron chi connectivity index (χ4n) is 3.08. The highest BCUT2D eigenvalue weighted by Crippen LogP contribution is 2.44. The van der Waals surface area contributed by atoms with Crippen LogP contribution in [-0.2, 0) is 11.8 Å². The van der Waals surface area contributed by atoms with E-state index in [2.05, 4.69) is 15.7 Å². The molecule has 2 N–H and O–H groups in total. The van der Waals surface area contributed by atoms with E-state index in [0.29, 0.717) is 24.9 Å². The molecule has 1 aliphatic rings. The Balaban J connectivity index is 1.89. The van der Waals surface area contributed by atoms with Gasteiger partial charge in [0.15, 0.2) is 5.82 Å². The van der Waals surface area contributed by atoms with E-state index in [0.717, 1.165) is 29.7 Å². The molecule has 1 saturated carbocycles. The summed E-state index contributed by atoms with van der Waals surface area (Å²) in [6, 6.07) is 6.07. The monoisotopic (exact) mass is 346 g/mol. The number of carbonyl (C=O) groups excluding carboxylic acids is 1. The molecule has 1 fully saturated rings. The second-order valence-corrected chi connectivity index (χ2v) is 6.24. The van der Waals surface area contributed by atoms with Crippen molar-refractivity contribution in [3.63, 3.8) is 0 Å². The summed E-state index contributed by atoms with van der Waals surface area (Å²) < 4.78 is 20.0. The second-order valence-electron chi connectivity index (χ2n) is 6.24. The average molecular weight is 346 g/mol. The van der Waals surface area contributed by atoms with Gasteiger partial charge in [-0.2, -0.15) is 5.10 Å². The number of aromatic nitrogens is 2. The number of ether oxygens (including phenoxy) is 1. The molecule has 1 aromatic heterocycles. The molecule has 1 aromatic carbocycles. The molecular formula is C18H23FN4O2. The third-order valence-electron chi connectivity index (χ3n) is 4.54. The summed E-state index contributed by atoms with van der Waals surface area (Å²) in [5.41, 5.74) is 2.85. The largest absolute Gasteiger partial charge is 0.383 e. The highest BCUT2D eigenvalue weighted by molar-refractivity contribution is 5.90. The lowest BCUT2D eigenvalue weighted by molar-refractivity contribution is 0.198. The Bertz CT molecular complexity index is 738. The van der Waals surface area contributed by atoms with E-state index in [1.54, 1.807) is 23.9 Å². The molecule has 6 nitrogen and oxygen atoms in total. The van der Waals surface area contributed by atoms with Gasteiger partial charge in [0.05, 0.1) is 12.3 Å². The van der Waals surface area contributed by atoms with E-state index in [1.807, 2.05) is 7.05 Å². The van der Waals surface area contributed by atoms with E-state index < -0.39 is 0 Å². The fourth-order valence-corrected chi connectivity index (χ4v) is 3.08. The first-order valence-electron chi connectivity index (χ1n) is 8.46. The highest BCUT2D eigenvalue weighted by atomic mass is 19.1. The molecule has 0 atom stereocenters. The molecule has 0 radical (unpaired) electrons. The zero-order valence-electron chi connectivity index (χ0n) is 14.5. The number of hydrogen-bond donors (Lipinski definition) is 2. The molecule has 25 heavy (non-hydrogen) atoms. The van der Waals surface area contributed by atoms with Crippen molar-refractivity contribution in [1.82, 2.24) is 15.1 Å². The first kappa shape index (κ1) is 17.4. The van der Waals surface area contributed by atoms with Gasteiger partial charge in [-0.05, 0) is 43.0 Å². The second kappa shape index (κ2) is 7.65. The van der Waals surface area contributed by atoms with Crippen molar-refractivity contribution in [3.8, 4) is 11.3 Å². The van der Waals surface area contributed by atoms with Crippen molar-refractivity contribution in [2.24, 2.45) is 7.05 Å². The van der Waals surface area contributed by atoms with Crippen LogP contribution in [0.5, 0.6) is 0 Å². The maximum Gasteiger partial charge on any atom is 0.320 e. The van der Waals surface area contributed by atoms with Crippen molar-refractivity contribution < 1.29 is 13.9 Å². The van der Waals surface area contributed by atoms with Gasteiger partial charge in [0.25, 0.3) is 0 Å². The third kappa shape index (κ3) is 3.82. The van der Waals surface area contributed by atoms with Gasteiger partial charge in [-0.25, -0.2) is 9.18 Å². The van der Waals surface area contributed by atoms with E-state index >= 15 is 0 Å². The fraction of sp³-hybridized carbons (Fsp3) is 0.444. The third-order valence-corrected chi connectivity index (χ3v) is 4.54. The number of carbonyl (C=O) groups is 1. The van der Waals surface area contributed by atoms with Crippen LogP contribution in [0.4, 0.5) is 15.0 Å². The molecule has 134 valence electrons. The number of benzene rings is 1. The van der Waals surface area contributed by atoms with Crippen LogP contribution in [-0.4, -0.2) is 36.1 Å². The van der Waals surface area contributed by atoms with Crippen LogP contribution < -0.4 is 10.6 Å². The Morgan fingerprint density at radius 1 is 1.36 bits per heavy atom. The maximum absolute atomic E-state index is 13.3. The summed E-state index contributed by atoms with van der Waals surface area (Å²) in [6.07, 6.45) is 3.31. The number of amides is 2. The first-order chi connectivity index (χ1) is 12.1. The molecule has 0 unspecified atom stereocenters.